The van der Waals surface area contributed by atoms with E-state index in [0.29, 0.717) is 18.8 Å². The lowest BCUT2D eigenvalue weighted by atomic mass is 9.97. The van der Waals surface area contributed by atoms with Crippen molar-refractivity contribution in [2.45, 2.75) is 12.8 Å². The van der Waals surface area contributed by atoms with Gasteiger partial charge in [0, 0.05) is 24.7 Å². The fourth-order valence-electron chi connectivity index (χ4n) is 2.22. The van der Waals surface area contributed by atoms with Crippen molar-refractivity contribution in [1.82, 2.24) is 4.90 Å². The number of nitrogens with two attached hydrogens (primary N) is 1. The molecule has 1 saturated heterocycles. The van der Waals surface area contributed by atoms with Crippen molar-refractivity contribution in [3.63, 3.8) is 0 Å². The molecule has 0 bridgehead atoms. The van der Waals surface area contributed by atoms with Crippen LogP contribution < -0.4 is 11.1 Å². The molecule has 1 fully saturated rings. The van der Waals surface area contributed by atoms with Crippen LogP contribution in [0.25, 0.3) is 0 Å². The topological polar surface area (TPSA) is 91.0 Å². The number of rotatable bonds is 2. The monoisotopic (exact) mass is 280 g/mol. The maximum Gasteiger partial charge on any atom is 0.321 e. The van der Waals surface area contributed by atoms with Gasteiger partial charge in [0.05, 0.1) is 0 Å². The standard InChI is InChI=1S/C13H17FN4O2/c14-10-3-5-11(6-4-10)16-13(19)18-7-1-2-9(8-18)12(15)17-20/h3-6,9,20H,1-2,7-8H2,(H2,15,17)(H,16,19). The average Bonchev–Trinajstić information content (AvgIpc) is 2.49. The van der Waals surface area contributed by atoms with Crippen LogP contribution >= 0.6 is 0 Å². The normalized spacial score (nSPS) is 19.8. The van der Waals surface area contributed by atoms with Crippen molar-refractivity contribution in [3.8, 4) is 0 Å². The Morgan fingerprint density at radius 2 is 2.15 bits per heavy atom. The number of nitrogens with zero attached hydrogens (tertiary/aromatic N) is 2. The number of nitrogens with one attached hydrogen (secondary N) is 1. The molecule has 1 atom stereocenters. The number of urea groups is 1. The van der Waals surface area contributed by atoms with Crippen molar-refractivity contribution in [2.75, 3.05) is 18.4 Å². The fourth-order valence-corrected chi connectivity index (χ4v) is 2.22. The maximum atomic E-state index is 12.8. The molecule has 2 amide bonds. The van der Waals surface area contributed by atoms with Crippen LogP contribution in [0.3, 0.4) is 0 Å². The molecule has 6 nitrogen and oxygen atoms in total. The minimum atomic E-state index is -0.354. The molecule has 1 aromatic rings. The van der Waals surface area contributed by atoms with E-state index in [9.17, 15) is 9.18 Å². The summed E-state index contributed by atoms with van der Waals surface area (Å²) in [6.45, 7) is 1.02. The molecule has 0 aromatic heterocycles. The third-order valence-corrected chi connectivity index (χ3v) is 3.34. The van der Waals surface area contributed by atoms with Crippen molar-refractivity contribution >= 4 is 17.6 Å². The third kappa shape index (κ3) is 3.37. The predicted molar refractivity (Wildman–Crippen MR) is 73.1 cm³/mol. The Hall–Kier alpha value is -2.31. The van der Waals surface area contributed by atoms with Crippen LogP contribution in [0.2, 0.25) is 0 Å². The first-order valence-corrected chi connectivity index (χ1v) is 6.39. The molecule has 7 heteroatoms. The van der Waals surface area contributed by atoms with Gasteiger partial charge in [0.1, 0.15) is 11.7 Å². The number of carbonyl (C=O) groups excluding carboxylic acids is 1. The molecule has 0 saturated carbocycles. The molecule has 1 aliphatic rings. The highest BCUT2D eigenvalue weighted by molar-refractivity contribution is 5.90. The number of carbonyl (C=O) groups is 1. The van der Waals surface area contributed by atoms with E-state index in [4.69, 9.17) is 10.9 Å². The summed E-state index contributed by atoms with van der Waals surface area (Å²) < 4.78 is 12.8. The molecule has 1 aliphatic heterocycles. The van der Waals surface area contributed by atoms with Crippen LogP contribution in [0.5, 0.6) is 0 Å². The molecule has 0 aliphatic carbocycles. The lowest BCUT2D eigenvalue weighted by Crippen LogP contribution is -2.45. The van der Waals surface area contributed by atoms with E-state index in [1.807, 2.05) is 0 Å². The molecule has 108 valence electrons. The summed E-state index contributed by atoms with van der Waals surface area (Å²) in [5.41, 5.74) is 6.11. The van der Waals surface area contributed by atoms with Crippen LogP contribution in [0.1, 0.15) is 12.8 Å². The number of amidine groups is 1. The zero-order chi connectivity index (χ0) is 14.5. The van der Waals surface area contributed by atoms with Gasteiger partial charge in [0.25, 0.3) is 0 Å². The highest BCUT2D eigenvalue weighted by Gasteiger charge is 2.26. The molecule has 0 radical (unpaired) electrons. The predicted octanol–water partition coefficient (Wildman–Crippen LogP) is 1.82. The molecule has 1 unspecified atom stereocenters. The number of hydrogen-bond acceptors (Lipinski definition) is 3. The Bertz CT molecular complexity index is 504. The first kappa shape index (κ1) is 14.1. The van der Waals surface area contributed by atoms with Crippen LogP contribution in [0.15, 0.2) is 29.4 Å². The molecule has 4 N–H and O–H groups in total. The highest BCUT2D eigenvalue weighted by Crippen LogP contribution is 2.18. The zero-order valence-electron chi connectivity index (χ0n) is 10.9. The second-order valence-electron chi connectivity index (χ2n) is 4.75. The number of amides is 2. The van der Waals surface area contributed by atoms with Crippen LogP contribution in [0, 0.1) is 11.7 Å². The van der Waals surface area contributed by atoms with Gasteiger partial charge in [0.2, 0.25) is 0 Å². The van der Waals surface area contributed by atoms with Crippen molar-refractivity contribution in [3.05, 3.63) is 30.1 Å². The second kappa shape index (κ2) is 6.23. The van der Waals surface area contributed by atoms with Gasteiger partial charge in [-0.3, -0.25) is 0 Å². The Morgan fingerprint density at radius 3 is 2.80 bits per heavy atom. The highest BCUT2D eigenvalue weighted by atomic mass is 19.1. The molecule has 0 spiro atoms. The summed E-state index contributed by atoms with van der Waals surface area (Å²) in [4.78, 5) is 13.7. The summed E-state index contributed by atoms with van der Waals surface area (Å²) in [5.74, 6) is -0.343. The van der Waals surface area contributed by atoms with Gasteiger partial charge in [-0.15, -0.1) is 0 Å². The number of benzene rings is 1. The third-order valence-electron chi connectivity index (χ3n) is 3.34. The maximum absolute atomic E-state index is 12.8. The van der Waals surface area contributed by atoms with E-state index >= 15 is 0 Å². The number of hydrogen-bond donors (Lipinski definition) is 3. The van der Waals surface area contributed by atoms with Gasteiger partial charge in [0.15, 0.2) is 0 Å². The summed E-state index contributed by atoms with van der Waals surface area (Å²) in [6.07, 6.45) is 1.58. The largest absolute Gasteiger partial charge is 0.409 e. The van der Waals surface area contributed by atoms with Gasteiger partial charge in [-0.2, -0.15) is 0 Å². The summed E-state index contributed by atoms with van der Waals surface area (Å²) in [6, 6.07) is 5.29. The van der Waals surface area contributed by atoms with Gasteiger partial charge in [-0.1, -0.05) is 5.16 Å². The van der Waals surface area contributed by atoms with E-state index in [-0.39, 0.29) is 23.6 Å². The van der Waals surface area contributed by atoms with Crippen molar-refractivity contribution < 1.29 is 14.4 Å². The lowest BCUT2D eigenvalue weighted by molar-refractivity contribution is 0.190. The second-order valence-corrected chi connectivity index (χ2v) is 4.75. The van der Waals surface area contributed by atoms with Gasteiger partial charge < -0.3 is 21.2 Å². The van der Waals surface area contributed by atoms with E-state index in [1.165, 1.54) is 24.3 Å². The number of piperidine rings is 1. The van der Waals surface area contributed by atoms with E-state index in [1.54, 1.807) is 4.90 Å². The Kier molecular flexibility index (Phi) is 4.39. The van der Waals surface area contributed by atoms with Crippen LogP contribution in [-0.2, 0) is 0 Å². The molecule has 1 aromatic carbocycles. The van der Waals surface area contributed by atoms with E-state index < -0.39 is 0 Å². The molecular formula is C13H17FN4O2. The first-order chi connectivity index (χ1) is 9.60. The van der Waals surface area contributed by atoms with Crippen molar-refractivity contribution in [2.24, 2.45) is 16.8 Å². The molecule has 20 heavy (non-hydrogen) atoms. The number of oxime groups is 1. The minimum Gasteiger partial charge on any atom is -0.409 e. The number of anilines is 1. The summed E-state index contributed by atoms with van der Waals surface area (Å²) >= 11 is 0. The molecule has 1 heterocycles. The van der Waals surface area contributed by atoms with Crippen LogP contribution in [-0.4, -0.2) is 35.1 Å². The lowest BCUT2D eigenvalue weighted by Gasteiger charge is -2.32. The fraction of sp³-hybridized carbons (Fsp3) is 0.385. The van der Waals surface area contributed by atoms with E-state index in [0.717, 1.165) is 12.8 Å². The Morgan fingerprint density at radius 1 is 1.45 bits per heavy atom. The van der Waals surface area contributed by atoms with Gasteiger partial charge >= 0.3 is 6.03 Å². The average molecular weight is 280 g/mol. The Balaban J connectivity index is 1.96. The Labute approximate surface area is 116 Å². The van der Waals surface area contributed by atoms with Gasteiger partial charge in [-0.25, -0.2) is 9.18 Å². The number of likely N-dealkylation sites (tertiary alicyclic amines) is 1. The number of halogens is 1. The van der Waals surface area contributed by atoms with Crippen LogP contribution in [0.4, 0.5) is 14.9 Å². The SMILES string of the molecule is NC(=NO)C1CCCN(C(=O)Nc2ccc(F)cc2)C1. The van der Waals surface area contributed by atoms with Gasteiger partial charge in [-0.05, 0) is 37.1 Å². The zero-order valence-corrected chi connectivity index (χ0v) is 10.9. The summed E-state index contributed by atoms with van der Waals surface area (Å²) in [7, 11) is 0. The smallest absolute Gasteiger partial charge is 0.321 e. The summed E-state index contributed by atoms with van der Waals surface area (Å²) in [5, 5.41) is 14.4. The van der Waals surface area contributed by atoms with Crippen molar-refractivity contribution in [1.29, 1.82) is 0 Å². The molecular weight excluding hydrogens is 263 g/mol. The minimum absolute atomic E-state index is 0.132. The molecule has 2 rings (SSSR count). The quantitative estimate of drug-likeness (QED) is 0.334. The van der Waals surface area contributed by atoms with E-state index in [2.05, 4.69) is 10.5 Å². The first-order valence-electron chi connectivity index (χ1n) is 6.39.